The molecule has 1 aliphatic heterocycles. The molecule has 30 heavy (non-hydrogen) atoms. The Hall–Kier alpha value is -2.92. The standard InChI is InChI=1S/C25H30N4O/c1-2-24-23(17-27-29(24)19-21-8-4-3-5-9-21)25(30)26-16-20-10-12-22(13-11-20)18-28-14-6-7-15-28/h3-5,8-13,17H,2,6-7,14-16,18-19H2,1H3,(H,26,30). The van der Waals surface area contributed by atoms with Gasteiger partial charge in [0.1, 0.15) is 0 Å². The van der Waals surface area contributed by atoms with Gasteiger partial charge in [-0.2, -0.15) is 5.10 Å². The van der Waals surface area contributed by atoms with Gasteiger partial charge in [0.2, 0.25) is 0 Å². The molecule has 2 heterocycles. The first-order valence-electron chi connectivity index (χ1n) is 10.9. The van der Waals surface area contributed by atoms with Crippen molar-refractivity contribution in [3.63, 3.8) is 0 Å². The predicted molar refractivity (Wildman–Crippen MR) is 119 cm³/mol. The predicted octanol–water partition coefficient (Wildman–Crippen LogP) is 4.02. The van der Waals surface area contributed by atoms with Gasteiger partial charge in [-0.15, -0.1) is 0 Å². The molecule has 5 nitrogen and oxygen atoms in total. The zero-order valence-corrected chi connectivity index (χ0v) is 17.7. The zero-order chi connectivity index (χ0) is 20.8. The van der Waals surface area contributed by atoms with E-state index in [4.69, 9.17) is 0 Å². The number of nitrogens with zero attached hydrogens (tertiary/aromatic N) is 3. The van der Waals surface area contributed by atoms with Crippen LogP contribution in [0.3, 0.4) is 0 Å². The molecule has 2 aromatic carbocycles. The molecule has 0 saturated carbocycles. The summed E-state index contributed by atoms with van der Waals surface area (Å²) >= 11 is 0. The lowest BCUT2D eigenvalue weighted by molar-refractivity contribution is 0.0950. The van der Waals surface area contributed by atoms with E-state index in [0.717, 1.165) is 24.2 Å². The molecule has 0 aliphatic carbocycles. The van der Waals surface area contributed by atoms with Crippen molar-refractivity contribution in [1.29, 1.82) is 0 Å². The molecule has 1 amide bonds. The Balaban J connectivity index is 1.35. The number of benzene rings is 2. The van der Waals surface area contributed by atoms with Crippen LogP contribution in [0.2, 0.25) is 0 Å². The highest BCUT2D eigenvalue weighted by molar-refractivity contribution is 5.95. The summed E-state index contributed by atoms with van der Waals surface area (Å²) in [6.07, 6.45) is 5.08. The van der Waals surface area contributed by atoms with Gasteiger partial charge in [0.05, 0.1) is 24.0 Å². The molecule has 156 valence electrons. The number of carbonyl (C=O) groups is 1. The molecule has 0 bridgehead atoms. The summed E-state index contributed by atoms with van der Waals surface area (Å²) < 4.78 is 1.93. The number of aromatic nitrogens is 2. The highest BCUT2D eigenvalue weighted by Gasteiger charge is 2.16. The molecular weight excluding hydrogens is 372 g/mol. The van der Waals surface area contributed by atoms with E-state index in [1.54, 1.807) is 6.20 Å². The maximum Gasteiger partial charge on any atom is 0.255 e. The van der Waals surface area contributed by atoms with Crippen molar-refractivity contribution in [3.05, 3.63) is 88.7 Å². The second-order valence-corrected chi connectivity index (χ2v) is 7.98. The van der Waals surface area contributed by atoms with Gasteiger partial charge in [-0.1, -0.05) is 61.5 Å². The summed E-state index contributed by atoms with van der Waals surface area (Å²) in [5, 5.41) is 7.53. The lowest BCUT2D eigenvalue weighted by Gasteiger charge is -2.14. The highest BCUT2D eigenvalue weighted by atomic mass is 16.1. The Bertz CT molecular complexity index is 957. The fourth-order valence-electron chi connectivity index (χ4n) is 4.10. The molecule has 1 saturated heterocycles. The quantitative estimate of drug-likeness (QED) is 0.619. The van der Waals surface area contributed by atoms with E-state index in [-0.39, 0.29) is 5.91 Å². The number of hydrogen-bond donors (Lipinski definition) is 1. The first kappa shape index (κ1) is 20.4. The van der Waals surface area contributed by atoms with Crippen LogP contribution in [0, 0.1) is 0 Å². The number of nitrogens with one attached hydrogen (secondary N) is 1. The minimum atomic E-state index is -0.0627. The average molecular weight is 403 g/mol. The third kappa shape index (κ3) is 4.97. The van der Waals surface area contributed by atoms with Crippen molar-refractivity contribution in [2.24, 2.45) is 0 Å². The fourth-order valence-corrected chi connectivity index (χ4v) is 4.10. The number of carbonyl (C=O) groups excluding carboxylic acids is 1. The zero-order valence-electron chi connectivity index (χ0n) is 17.7. The van der Waals surface area contributed by atoms with Gasteiger partial charge >= 0.3 is 0 Å². The van der Waals surface area contributed by atoms with Crippen LogP contribution in [0.4, 0.5) is 0 Å². The first-order valence-corrected chi connectivity index (χ1v) is 10.9. The normalized spacial score (nSPS) is 14.2. The summed E-state index contributed by atoms with van der Waals surface area (Å²) in [6, 6.07) is 18.8. The smallest absolute Gasteiger partial charge is 0.255 e. The van der Waals surface area contributed by atoms with Crippen LogP contribution in [-0.4, -0.2) is 33.7 Å². The molecule has 1 aliphatic rings. The van der Waals surface area contributed by atoms with E-state index in [9.17, 15) is 4.79 Å². The number of hydrogen-bond acceptors (Lipinski definition) is 3. The van der Waals surface area contributed by atoms with Gasteiger partial charge in [-0.05, 0) is 49.0 Å². The minimum Gasteiger partial charge on any atom is -0.348 e. The minimum absolute atomic E-state index is 0.0627. The molecule has 1 aromatic heterocycles. The SMILES string of the molecule is CCc1c(C(=O)NCc2ccc(CN3CCCC3)cc2)cnn1Cc1ccccc1. The van der Waals surface area contributed by atoms with Crippen LogP contribution >= 0.6 is 0 Å². The summed E-state index contributed by atoms with van der Waals surface area (Å²) in [4.78, 5) is 15.3. The van der Waals surface area contributed by atoms with Crippen LogP contribution < -0.4 is 5.32 Å². The van der Waals surface area contributed by atoms with Gasteiger partial charge in [-0.25, -0.2) is 0 Å². The molecule has 0 atom stereocenters. The van der Waals surface area contributed by atoms with Crippen LogP contribution in [0.25, 0.3) is 0 Å². The summed E-state index contributed by atoms with van der Waals surface area (Å²) in [5.41, 5.74) is 5.26. The maximum absolute atomic E-state index is 12.8. The van der Waals surface area contributed by atoms with Crippen molar-refractivity contribution < 1.29 is 4.79 Å². The first-order chi connectivity index (χ1) is 14.7. The van der Waals surface area contributed by atoms with Crippen LogP contribution in [0.5, 0.6) is 0 Å². The molecular formula is C25H30N4O. The lowest BCUT2D eigenvalue weighted by atomic mass is 10.1. The number of amides is 1. The molecule has 0 unspecified atom stereocenters. The van der Waals surface area contributed by atoms with Crippen molar-refractivity contribution >= 4 is 5.91 Å². The Morgan fingerprint density at radius 2 is 1.60 bits per heavy atom. The largest absolute Gasteiger partial charge is 0.348 e. The third-order valence-corrected chi connectivity index (χ3v) is 5.78. The molecule has 0 radical (unpaired) electrons. The van der Waals surface area contributed by atoms with Crippen molar-refractivity contribution in [2.45, 2.75) is 45.8 Å². The second-order valence-electron chi connectivity index (χ2n) is 7.98. The van der Waals surface area contributed by atoms with E-state index >= 15 is 0 Å². The molecule has 0 spiro atoms. The van der Waals surface area contributed by atoms with Gasteiger partial charge < -0.3 is 5.32 Å². The van der Waals surface area contributed by atoms with Gasteiger partial charge in [0.15, 0.2) is 0 Å². The third-order valence-electron chi connectivity index (χ3n) is 5.78. The topological polar surface area (TPSA) is 50.2 Å². The summed E-state index contributed by atoms with van der Waals surface area (Å²) in [6.45, 7) is 6.69. The van der Waals surface area contributed by atoms with Crippen LogP contribution in [0.15, 0.2) is 60.8 Å². The maximum atomic E-state index is 12.8. The van der Waals surface area contributed by atoms with E-state index < -0.39 is 0 Å². The monoisotopic (exact) mass is 402 g/mol. The van der Waals surface area contributed by atoms with Gasteiger partial charge in [-0.3, -0.25) is 14.4 Å². The Morgan fingerprint density at radius 3 is 2.30 bits per heavy atom. The van der Waals surface area contributed by atoms with Crippen molar-refractivity contribution in [2.75, 3.05) is 13.1 Å². The Kier molecular flexibility index (Phi) is 6.60. The van der Waals surface area contributed by atoms with E-state index in [0.29, 0.717) is 18.7 Å². The molecule has 3 aromatic rings. The average Bonchev–Trinajstić information content (AvgIpc) is 3.43. The van der Waals surface area contributed by atoms with E-state index in [1.165, 1.54) is 37.1 Å². The molecule has 1 fully saturated rings. The van der Waals surface area contributed by atoms with Crippen LogP contribution in [-0.2, 0) is 26.1 Å². The highest BCUT2D eigenvalue weighted by Crippen LogP contribution is 2.15. The number of likely N-dealkylation sites (tertiary alicyclic amines) is 1. The molecule has 5 heteroatoms. The summed E-state index contributed by atoms with van der Waals surface area (Å²) in [7, 11) is 0. The summed E-state index contributed by atoms with van der Waals surface area (Å²) in [5.74, 6) is -0.0627. The van der Waals surface area contributed by atoms with Gasteiger partial charge in [0, 0.05) is 13.1 Å². The van der Waals surface area contributed by atoms with Crippen molar-refractivity contribution in [3.8, 4) is 0 Å². The van der Waals surface area contributed by atoms with Crippen molar-refractivity contribution in [1.82, 2.24) is 20.0 Å². The Labute approximate surface area is 178 Å². The lowest BCUT2D eigenvalue weighted by Crippen LogP contribution is -2.24. The number of rotatable bonds is 8. The van der Waals surface area contributed by atoms with Crippen LogP contribution in [0.1, 0.15) is 52.5 Å². The van der Waals surface area contributed by atoms with Gasteiger partial charge in [0.25, 0.3) is 5.91 Å². The second kappa shape index (κ2) is 9.72. The molecule has 4 rings (SSSR count). The van der Waals surface area contributed by atoms with E-state index in [2.05, 4.69) is 58.6 Å². The van der Waals surface area contributed by atoms with E-state index in [1.807, 2.05) is 22.9 Å². The fraction of sp³-hybridized carbons (Fsp3) is 0.360. The molecule has 1 N–H and O–H groups in total. The Morgan fingerprint density at radius 1 is 0.933 bits per heavy atom.